The highest BCUT2D eigenvalue weighted by Crippen LogP contribution is 2.65. The molecule has 0 aromatic rings. The minimum absolute atomic E-state index is 0.911. The number of hydrogen-bond acceptors (Lipinski definition) is 4. The Kier molecular flexibility index (Phi) is 10.9. The fraction of sp³-hybridized carbons (Fsp3) is 1.00. The highest BCUT2D eigenvalue weighted by Gasteiger charge is 2.60. The highest BCUT2D eigenvalue weighted by atomic mass is 32.2. The predicted octanol–water partition coefficient (Wildman–Crippen LogP) is 13.4. The molecular formula is C48H77NS3. The van der Waals surface area contributed by atoms with E-state index >= 15 is 0 Å². The molecule has 3 heterocycles. The predicted molar refractivity (Wildman–Crippen MR) is 227 cm³/mol. The van der Waals surface area contributed by atoms with Crippen molar-refractivity contribution in [2.24, 2.45) is 59.2 Å². The molecule has 0 amide bonds. The van der Waals surface area contributed by atoms with Gasteiger partial charge in [0, 0.05) is 49.6 Å². The summed E-state index contributed by atoms with van der Waals surface area (Å²) in [6.07, 6.45) is 45.4. The maximum atomic E-state index is 3.46. The first-order chi connectivity index (χ1) is 25.8. The number of nitrogens with zero attached hydrogens (tertiary/aromatic N) is 1. The zero-order valence-electron chi connectivity index (χ0n) is 33.1. The molecule has 52 heavy (non-hydrogen) atoms. The average molecular weight is 764 g/mol. The summed E-state index contributed by atoms with van der Waals surface area (Å²) in [5.41, 5.74) is 0. The summed E-state index contributed by atoms with van der Waals surface area (Å²) in [5.74, 6) is 10.8. The van der Waals surface area contributed by atoms with E-state index in [0.29, 0.717) is 0 Å². The van der Waals surface area contributed by atoms with Crippen LogP contribution in [0.1, 0.15) is 186 Å². The van der Waals surface area contributed by atoms with Gasteiger partial charge < -0.3 is 0 Å². The minimum Gasteiger partial charge on any atom is -0.293 e. The Morgan fingerprint density at radius 3 is 1.62 bits per heavy atom. The van der Waals surface area contributed by atoms with Crippen molar-refractivity contribution in [2.45, 2.75) is 236 Å². The van der Waals surface area contributed by atoms with Gasteiger partial charge >= 0.3 is 0 Å². The maximum Gasteiger partial charge on any atom is 0.0237 e. The Balaban J connectivity index is 0.823. The SMILES string of the molecule is C1CCC(C2CCC(N(C3CCC(C4CCCC5C6CCCCC6SC45)CC3)C3CCCC4C5CCC6SC7CCCCC7C6C5SC43)CC2)CC1. The molecule has 0 spiro atoms. The van der Waals surface area contributed by atoms with Gasteiger partial charge in [0.2, 0.25) is 0 Å². The molecule has 0 aromatic heterocycles. The van der Waals surface area contributed by atoms with E-state index in [-0.39, 0.29) is 0 Å². The van der Waals surface area contributed by atoms with Gasteiger partial charge in [-0.2, -0.15) is 35.3 Å². The van der Waals surface area contributed by atoms with Gasteiger partial charge in [-0.1, -0.05) is 70.6 Å². The van der Waals surface area contributed by atoms with Gasteiger partial charge in [0.1, 0.15) is 0 Å². The molecule has 11 fully saturated rings. The van der Waals surface area contributed by atoms with Crippen molar-refractivity contribution in [3.05, 3.63) is 0 Å². The van der Waals surface area contributed by atoms with Gasteiger partial charge in [0.25, 0.3) is 0 Å². The molecule has 8 aliphatic carbocycles. The van der Waals surface area contributed by atoms with E-state index < -0.39 is 0 Å². The van der Waals surface area contributed by atoms with Crippen LogP contribution in [0.15, 0.2) is 0 Å². The number of rotatable bonds is 5. The van der Waals surface area contributed by atoms with E-state index in [1.54, 1.807) is 154 Å². The summed E-state index contributed by atoms with van der Waals surface area (Å²) < 4.78 is 0. The highest BCUT2D eigenvalue weighted by molar-refractivity contribution is 8.02. The van der Waals surface area contributed by atoms with Gasteiger partial charge in [-0.3, -0.25) is 4.90 Å². The van der Waals surface area contributed by atoms with E-state index in [2.05, 4.69) is 40.2 Å². The topological polar surface area (TPSA) is 3.24 Å². The Morgan fingerprint density at radius 1 is 0.288 bits per heavy atom. The van der Waals surface area contributed by atoms with Gasteiger partial charge in [-0.25, -0.2) is 0 Å². The molecule has 14 unspecified atom stereocenters. The molecule has 11 aliphatic rings. The van der Waals surface area contributed by atoms with Crippen LogP contribution in [0, 0.1) is 59.2 Å². The summed E-state index contributed by atoms with van der Waals surface area (Å²) in [4.78, 5) is 3.46. The molecule has 0 N–H and O–H groups in total. The molecule has 14 atom stereocenters. The molecule has 0 radical (unpaired) electrons. The second-order valence-corrected chi connectivity index (χ2v) is 25.8. The third kappa shape index (κ3) is 6.51. The first-order valence-electron chi connectivity index (χ1n) is 24.5. The summed E-state index contributed by atoms with van der Waals surface area (Å²) in [7, 11) is 0. The van der Waals surface area contributed by atoms with Crippen molar-refractivity contribution in [3.8, 4) is 0 Å². The van der Waals surface area contributed by atoms with Crippen molar-refractivity contribution in [2.75, 3.05) is 0 Å². The summed E-state index contributed by atoms with van der Waals surface area (Å²) in [6.45, 7) is 0. The molecule has 3 saturated heterocycles. The van der Waals surface area contributed by atoms with E-state index in [0.717, 1.165) is 109 Å². The van der Waals surface area contributed by atoms with Crippen molar-refractivity contribution in [1.82, 2.24) is 4.90 Å². The van der Waals surface area contributed by atoms with Crippen LogP contribution in [-0.4, -0.2) is 54.5 Å². The first kappa shape index (κ1) is 36.1. The Labute approximate surface area is 333 Å². The van der Waals surface area contributed by atoms with Crippen LogP contribution >= 0.6 is 35.3 Å². The summed E-state index contributed by atoms with van der Waals surface area (Å²) >= 11 is 7.77. The molecule has 3 aliphatic heterocycles. The monoisotopic (exact) mass is 764 g/mol. The van der Waals surface area contributed by atoms with Crippen LogP contribution in [0.2, 0.25) is 0 Å². The number of hydrogen-bond donors (Lipinski definition) is 0. The standard InChI is InChI=1S/C48H77NS3/c1-2-10-30(11-3-1)31-20-24-33(25-21-31)49(34-26-22-32(23-27-34)35-14-8-15-37-36-12-4-6-18-42(36)51-46(35)37)41-17-9-16-38-39-28-29-44-45(48(39)52-47(38)41)40-13-5-7-19-43(40)50-44/h30-48H,1-29H2. The fourth-order valence-electron chi connectivity index (χ4n) is 17.4. The molecule has 1 nitrogen and oxygen atoms in total. The largest absolute Gasteiger partial charge is 0.293 e. The summed E-state index contributed by atoms with van der Waals surface area (Å²) in [6, 6.07) is 2.74. The Bertz CT molecular complexity index is 1200. The number of thioether (sulfide) groups is 3. The average Bonchev–Trinajstić information content (AvgIpc) is 3.90. The van der Waals surface area contributed by atoms with Crippen molar-refractivity contribution >= 4 is 35.3 Å². The lowest BCUT2D eigenvalue weighted by atomic mass is 9.64. The van der Waals surface area contributed by atoms with E-state index in [4.69, 9.17) is 0 Å². The molecule has 0 bridgehead atoms. The molecule has 4 heteroatoms. The fourth-order valence-corrected chi connectivity index (χ4v) is 24.4. The van der Waals surface area contributed by atoms with Crippen molar-refractivity contribution in [3.63, 3.8) is 0 Å². The Hall–Kier alpha value is 1.01. The van der Waals surface area contributed by atoms with Crippen LogP contribution in [0.25, 0.3) is 0 Å². The van der Waals surface area contributed by atoms with Gasteiger partial charge in [-0.05, 0) is 175 Å². The summed E-state index contributed by atoms with van der Waals surface area (Å²) in [5, 5.41) is 6.17. The molecule has 11 rings (SSSR count). The van der Waals surface area contributed by atoms with Crippen LogP contribution in [0.4, 0.5) is 0 Å². The minimum atomic E-state index is 0.911. The van der Waals surface area contributed by atoms with Crippen LogP contribution < -0.4 is 0 Å². The van der Waals surface area contributed by atoms with Gasteiger partial charge in [0.05, 0.1) is 0 Å². The molecule has 292 valence electrons. The first-order valence-corrected chi connectivity index (χ1v) is 27.3. The zero-order chi connectivity index (χ0) is 34.2. The Morgan fingerprint density at radius 2 is 0.846 bits per heavy atom. The lowest BCUT2D eigenvalue weighted by molar-refractivity contribution is -0.0107. The normalized spacial score (nSPS) is 53.7. The lowest BCUT2D eigenvalue weighted by Gasteiger charge is -2.53. The van der Waals surface area contributed by atoms with E-state index in [1.165, 1.54) is 32.1 Å². The molecule has 0 aromatic carbocycles. The third-order valence-corrected chi connectivity index (χ3v) is 25.2. The smallest absolute Gasteiger partial charge is 0.0237 e. The van der Waals surface area contributed by atoms with Crippen molar-refractivity contribution < 1.29 is 0 Å². The lowest BCUT2D eigenvalue weighted by Crippen LogP contribution is -2.57. The van der Waals surface area contributed by atoms with Crippen LogP contribution in [0.5, 0.6) is 0 Å². The quantitative estimate of drug-likeness (QED) is 0.274. The van der Waals surface area contributed by atoms with Gasteiger partial charge in [-0.15, -0.1) is 0 Å². The number of fused-ring (bicyclic) bond motifs is 10. The van der Waals surface area contributed by atoms with Crippen LogP contribution in [-0.2, 0) is 0 Å². The molecular weight excluding hydrogens is 687 g/mol. The second-order valence-electron chi connectivity index (χ2n) is 21.5. The zero-order valence-corrected chi connectivity index (χ0v) is 35.6. The van der Waals surface area contributed by atoms with E-state index in [9.17, 15) is 0 Å². The third-order valence-electron chi connectivity index (χ3n) is 19.5. The molecule has 8 saturated carbocycles. The van der Waals surface area contributed by atoms with Crippen LogP contribution in [0.3, 0.4) is 0 Å². The maximum absolute atomic E-state index is 3.46. The van der Waals surface area contributed by atoms with E-state index in [1.807, 2.05) is 0 Å². The van der Waals surface area contributed by atoms with Gasteiger partial charge in [0.15, 0.2) is 0 Å². The van der Waals surface area contributed by atoms with Crippen molar-refractivity contribution in [1.29, 1.82) is 0 Å². The second kappa shape index (κ2) is 15.6.